The van der Waals surface area contributed by atoms with E-state index in [2.05, 4.69) is 20.8 Å². The fourth-order valence-electron chi connectivity index (χ4n) is 3.21. The number of nitrogens with zero attached hydrogens (tertiary/aromatic N) is 2. The van der Waals surface area contributed by atoms with Gasteiger partial charge in [-0.25, -0.2) is 0 Å². The van der Waals surface area contributed by atoms with E-state index in [1.165, 1.54) is 37.0 Å². The zero-order chi connectivity index (χ0) is 19.1. The Morgan fingerprint density at radius 2 is 1.78 bits per heavy atom. The Morgan fingerprint density at radius 1 is 1.07 bits per heavy atom. The smallest absolute Gasteiger partial charge is 0.286 e. The van der Waals surface area contributed by atoms with Crippen LogP contribution in [0.2, 0.25) is 0 Å². The third-order valence-electron chi connectivity index (χ3n) is 4.76. The molecule has 1 aliphatic carbocycles. The molecular formula is C20H26N4O2S. The third kappa shape index (κ3) is 6.13. The molecule has 0 unspecified atom stereocenters. The lowest BCUT2D eigenvalue weighted by Gasteiger charge is -2.15. The van der Waals surface area contributed by atoms with Gasteiger partial charge in [0.2, 0.25) is 10.9 Å². The molecule has 27 heavy (non-hydrogen) atoms. The van der Waals surface area contributed by atoms with Gasteiger partial charge >= 0.3 is 0 Å². The van der Waals surface area contributed by atoms with Gasteiger partial charge in [-0.2, -0.15) is 0 Å². The molecule has 2 N–H and O–H groups in total. The summed E-state index contributed by atoms with van der Waals surface area (Å²) >= 11 is 1.24. The predicted octanol–water partition coefficient (Wildman–Crippen LogP) is 3.87. The molecule has 1 saturated carbocycles. The van der Waals surface area contributed by atoms with Gasteiger partial charge in [-0.15, -0.1) is 10.2 Å². The van der Waals surface area contributed by atoms with Crippen LogP contribution >= 0.6 is 11.3 Å². The van der Waals surface area contributed by atoms with Crippen LogP contribution in [0.5, 0.6) is 0 Å². The van der Waals surface area contributed by atoms with Gasteiger partial charge in [0.1, 0.15) is 5.01 Å². The molecule has 3 rings (SSSR count). The summed E-state index contributed by atoms with van der Waals surface area (Å²) < 4.78 is 0. The Morgan fingerprint density at radius 3 is 2.48 bits per heavy atom. The van der Waals surface area contributed by atoms with Gasteiger partial charge in [-0.05, 0) is 31.9 Å². The number of amides is 2. The molecule has 2 aromatic rings. The molecule has 2 amide bonds. The van der Waals surface area contributed by atoms with E-state index in [-0.39, 0.29) is 11.8 Å². The van der Waals surface area contributed by atoms with Crippen molar-refractivity contribution < 1.29 is 9.59 Å². The molecule has 0 aliphatic heterocycles. The maximum absolute atomic E-state index is 12.3. The van der Waals surface area contributed by atoms with E-state index in [1.54, 1.807) is 0 Å². The molecule has 144 valence electrons. The Hall–Kier alpha value is -2.28. The lowest BCUT2D eigenvalue weighted by molar-refractivity contribution is -0.121. The maximum Gasteiger partial charge on any atom is 0.286 e. The number of aryl methyl sites for hydroxylation is 2. The topological polar surface area (TPSA) is 84.0 Å². The fraction of sp³-hybridized carbons (Fsp3) is 0.500. The molecule has 0 bridgehead atoms. The number of carbonyl (C=O) groups is 2. The Bertz CT molecular complexity index is 765. The lowest BCUT2D eigenvalue weighted by Crippen LogP contribution is -2.34. The number of anilines is 1. The van der Waals surface area contributed by atoms with E-state index in [9.17, 15) is 9.59 Å². The zero-order valence-electron chi connectivity index (χ0n) is 15.7. The average molecular weight is 387 g/mol. The summed E-state index contributed by atoms with van der Waals surface area (Å²) in [6.07, 6.45) is 7.97. The van der Waals surface area contributed by atoms with E-state index >= 15 is 0 Å². The van der Waals surface area contributed by atoms with Gasteiger partial charge in [0.05, 0.1) is 0 Å². The van der Waals surface area contributed by atoms with E-state index < -0.39 is 0 Å². The highest BCUT2D eigenvalue weighted by Gasteiger charge is 2.17. The molecule has 0 saturated heterocycles. The number of rotatable bonds is 6. The van der Waals surface area contributed by atoms with Crippen LogP contribution in [0.3, 0.4) is 0 Å². The average Bonchev–Trinajstić information content (AvgIpc) is 2.99. The molecule has 1 fully saturated rings. The quantitative estimate of drug-likeness (QED) is 0.738. The fourth-order valence-corrected chi connectivity index (χ4v) is 3.95. The van der Waals surface area contributed by atoms with Crippen LogP contribution in [0.25, 0.3) is 0 Å². The van der Waals surface area contributed by atoms with Crippen LogP contribution in [0.1, 0.15) is 65.3 Å². The van der Waals surface area contributed by atoms with Crippen molar-refractivity contribution >= 4 is 28.8 Å². The minimum atomic E-state index is -0.273. The number of hydrogen-bond acceptors (Lipinski definition) is 5. The summed E-state index contributed by atoms with van der Waals surface area (Å²) in [6.45, 7) is 1.99. The minimum Gasteiger partial charge on any atom is -0.353 e. The molecule has 6 nitrogen and oxygen atoms in total. The van der Waals surface area contributed by atoms with Gasteiger partial charge < -0.3 is 10.6 Å². The largest absolute Gasteiger partial charge is 0.353 e. The number of hydrogen-bond donors (Lipinski definition) is 2. The number of aromatic nitrogens is 2. The van der Waals surface area contributed by atoms with Crippen molar-refractivity contribution in [3.8, 4) is 0 Å². The number of nitrogens with one attached hydrogen (secondary N) is 2. The molecule has 0 radical (unpaired) electrons. The minimum absolute atomic E-state index is 0.0581. The number of benzene rings is 1. The summed E-state index contributed by atoms with van der Waals surface area (Å²) in [4.78, 5) is 24.4. The second-order valence-electron chi connectivity index (χ2n) is 7.08. The molecule has 1 aromatic carbocycles. The summed E-state index contributed by atoms with van der Waals surface area (Å²) in [6, 6.07) is 7.90. The van der Waals surface area contributed by atoms with Crippen LogP contribution in [0, 0.1) is 6.92 Å². The molecule has 1 aromatic heterocycles. The first-order chi connectivity index (χ1) is 13.1. The van der Waals surface area contributed by atoms with Crippen LogP contribution in [0.4, 0.5) is 5.69 Å². The SMILES string of the molecule is Cc1ccc(NC(=O)c2nnc(CCC(=O)NC3CCCCCC3)s2)cc1. The van der Waals surface area contributed by atoms with Crippen molar-refractivity contribution in [3.63, 3.8) is 0 Å². The van der Waals surface area contributed by atoms with Crippen molar-refractivity contribution in [2.75, 3.05) is 5.32 Å². The van der Waals surface area contributed by atoms with E-state index in [1.807, 2.05) is 31.2 Å². The van der Waals surface area contributed by atoms with E-state index in [4.69, 9.17) is 0 Å². The third-order valence-corrected chi connectivity index (χ3v) is 5.74. The maximum atomic E-state index is 12.3. The van der Waals surface area contributed by atoms with Crippen LogP contribution < -0.4 is 10.6 Å². The van der Waals surface area contributed by atoms with Gasteiger partial charge in [-0.1, -0.05) is 54.7 Å². The van der Waals surface area contributed by atoms with Crippen molar-refractivity contribution in [2.24, 2.45) is 0 Å². The van der Waals surface area contributed by atoms with Gasteiger partial charge in [0.15, 0.2) is 0 Å². The highest BCUT2D eigenvalue weighted by atomic mass is 32.1. The molecule has 0 spiro atoms. The van der Waals surface area contributed by atoms with E-state index in [0.29, 0.717) is 28.9 Å². The lowest BCUT2D eigenvalue weighted by atomic mass is 10.1. The Labute approximate surface area is 163 Å². The van der Waals surface area contributed by atoms with Crippen LogP contribution in [-0.2, 0) is 11.2 Å². The predicted molar refractivity (Wildman–Crippen MR) is 107 cm³/mol. The summed E-state index contributed by atoms with van der Waals surface area (Å²) in [5, 5.41) is 15.0. The summed E-state index contributed by atoms with van der Waals surface area (Å²) in [5.41, 5.74) is 1.86. The number of carbonyl (C=O) groups excluding carboxylic acids is 2. The van der Waals surface area contributed by atoms with E-state index in [0.717, 1.165) is 24.1 Å². The van der Waals surface area contributed by atoms with Crippen molar-refractivity contribution in [2.45, 2.75) is 64.3 Å². The first-order valence-electron chi connectivity index (χ1n) is 9.60. The van der Waals surface area contributed by atoms with Crippen molar-refractivity contribution in [1.29, 1.82) is 0 Å². The molecule has 0 atom stereocenters. The summed E-state index contributed by atoms with van der Waals surface area (Å²) in [5.74, 6) is -0.215. The molecular weight excluding hydrogens is 360 g/mol. The zero-order valence-corrected chi connectivity index (χ0v) is 16.5. The van der Waals surface area contributed by atoms with Crippen molar-refractivity contribution in [3.05, 3.63) is 39.8 Å². The second-order valence-corrected chi connectivity index (χ2v) is 8.14. The van der Waals surface area contributed by atoms with Gasteiger partial charge in [0, 0.05) is 24.6 Å². The highest BCUT2D eigenvalue weighted by molar-refractivity contribution is 7.13. The molecule has 1 aliphatic rings. The first kappa shape index (κ1) is 19.5. The second kappa shape index (κ2) is 9.60. The molecule has 7 heteroatoms. The first-order valence-corrected chi connectivity index (χ1v) is 10.4. The monoisotopic (exact) mass is 386 g/mol. The summed E-state index contributed by atoms with van der Waals surface area (Å²) in [7, 11) is 0. The van der Waals surface area contributed by atoms with Crippen molar-refractivity contribution in [1.82, 2.24) is 15.5 Å². The van der Waals surface area contributed by atoms with Gasteiger partial charge in [0.25, 0.3) is 5.91 Å². The molecule has 1 heterocycles. The Kier molecular flexibility index (Phi) is 6.92. The normalized spacial score (nSPS) is 15.1. The standard InChI is InChI=1S/C20H26N4O2S/c1-14-8-10-16(11-9-14)22-19(26)20-24-23-18(27-20)13-12-17(25)21-15-6-4-2-3-5-7-15/h8-11,15H,2-7,12-13H2,1H3,(H,21,25)(H,22,26). The Balaban J connectivity index is 1.46. The van der Waals surface area contributed by atoms with Gasteiger partial charge in [-0.3, -0.25) is 9.59 Å². The van der Waals surface area contributed by atoms with Crippen LogP contribution in [-0.4, -0.2) is 28.1 Å². The van der Waals surface area contributed by atoms with Crippen LogP contribution in [0.15, 0.2) is 24.3 Å². The highest BCUT2D eigenvalue weighted by Crippen LogP contribution is 2.18.